The van der Waals surface area contributed by atoms with Crippen molar-refractivity contribution in [3.8, 4) is 5.69 Å². The van der Waals surface area contributed by atoms with Gasteiger partial charge in [0.15, 0.2) is 5.16 Å². The lowest BCUT2D eigenvalue weighted by Gasteiger charge is -2.33. The van der Waals surface area contributed by atoms with Gasteiger partial charge in [-0.1, -0.05) is 57.2 Å². The summed E-state index contributed by atoms with van der Waals surface area (Å²) in [6, 6.07) is 8.17. The Balaban J connectivity index is 1.91. The van der Waals surface area contributed by atoms with Crippen LogP contribution in [0.15, 0.2) is 34.2 Å². The van der Waals surface area contributed by atoms with Crippen molar-refractivity contribution in [3.63, 3.8) is 0 Å². The molecule has 0 spiro atoms. The minimum absolute atomic E-state index is 0.0940. The Hall–Kier alpha value is -1.59. The van der Waals surface area contributed by atoms with Gasteiger partial charge in [-0.3, -0.25) is 9.36 Å². The molecule has 0 bridgehead atoms. The zero-order chi connectivity index (χ0) is 20.1. The van der Waals surface area contributed by atoms with Gasteiger partial charge >= 0.3 is 0 Å². The Morgan fingerprint density at radius 3 is 2.61 bits per heavy atom. The molecule has 0 saturated carbocycles. The van der Waals surface area contributed by atoms with Crippen LogP contribution < -0.4 is 5.56 Å². The minimum atomic E-state index is 0.0940. The highest BCUT2D eigenvalue weighted by Gasteiger charge is 2.32. The quantitative estimate of drug-likeness (QED) is 0.390. The van der Waals surface area contributed by atoms with Crippen LogP contribution in [0.4, 0.5) is 0 Å². The predicted molar refractivity (Wildman–Crippen MR) is 121 cm³/mol. The SMILES string of the molecule is CCSc1nc2sc3c(c2c(=O)n1-c1ccc(C)cc1)CC[C@@H](C(C)(C)C)C3. The first-order valence-corrected chi connectivity index (χ1v) is 11.9. The Morgan fingerprint density at radius 2 is 1.96 bits per heavy atom. The molecule has 0 unspecified atom stereocenters. The van der Waals surface area contributed by atoms with E-state index in [2.05, 4.69) is 46.8 Å². The Kier molecular flexibility index (Phi) is 5.17. The van der Waals surface area contributed by atoms with Crippen molar-refractivity contribution in [3.05, 3.63) is 50.6 Å². The van der Waals surface area contributed by atoms with Gasteiger partial charge in [-0.25, -0.2) is 4.98 Å². The first-order chi connectivity index (χ1) is 13.3. The van der Waals surface area contributed by atoms with Crippen LogP contribution in [0.5, 0.6) is 0 Å². The molecule has 0 radical (unpaired) electrons. The zero-order valence-corrected chi connectivity index (χ0v) is 19.0. The molecule has 2 aromatic heterocycles. The lowest BCUT2D eigenvalue weighted by atomic mass is 9.72. The second-order valence-corrected chi connectivity index (χ2v) is 11.1. The monoisotopic (exact) mass is 412 g/mol. The number of nitrogens with zero attached hydrogens (tertiary/aromatic N) is 2. The summed E-state index contributed by atoms with van der Waals surface area (Å²) in [5.74, 6) is 1.55. The van der Waals surface area contributed by atoms with Crippen molar-refractivity contribution < 1.29 is 0 Å². The molecule has 0 amide bonds. The summed E-state index contributed by atoms with van der Waals surface area (Å²) in [5.41, 5.74) is 3.75. The molecule has 0 fully saturated rings. The number of hydrogen-bond acceptors (Lipinski definition) is 4. The molecule has 1 aliphatic carbocycles. The van der Waals surface area contributed by atoms with Gasteiger partial charge in [-0.15, -0.1) is 11.3 Å². The molecule has 1 aromatic carbocycles. The number of hydrogen-bond donors (Lipinski definition) is 0. The number of rotatable bonds is 3. The second-order valence-electron chi connectivity index (χ2n) is 8.79. The molecule has 28 heavy (non-hydrogen) atoms. The van der Waals surface area contributed by atoms with Gasteiger partial charge in [0.2, 0.25) is 0 Å². The lowest BCUT2D eigenvalue weighted by Crippen LogP contribution is -2.27. The zero-order valence-electron chi connectivity index (χ0n) is 17.3. The number of benzene rings is 1. The standard InChI is InChI=1S/C23H28N2OS2/c1-6-27-22-24-20-19(21(26)25(22)16-10-7-14(2)8-11-16)17-12-9-15(23(3,4)5)13-18(17)28-20/h7-8,10-11,15H,6,9,12-13H2,1-5H3/t15-/m1/s1. The van der Waals surface area contributed by atoms with Crippen LogP contribution in [-0.2, 0) is 12.8 Å². The molecule has 148 valence electrons. The number of thiophene rings is 1. The molecule has 2 heterocycles. The van der Waals surface area contributed by atoms with Gasteiger partial charge in [0.25, 0.3) is 5.56 Å². The van der Waals surface area contributed by atoms with E-state index in [9.17, 15) is 4.79 Å². The van der Waals surface area contributed by atoms with Crippen LogP contribution in [0.2, 0.25) is 0 Å². The van der Waals surface area contributed by atoms with Crippen molar-refractivity contribution >= 4 is 33.3 Å². The van der Waals surface area contributed by atoms with Crippen molar-refractivity contribution in [2.75, 3.05) is 5.75 Å². The highest BCUT2D eigenvalue weighted by atomic mass is 32.2. The lowest BCUT2D eigenvalue weighted by molar-refractivity contribution is 0.218. The maximum atomic E-state index is 13.6. The van der Waals surface area contributed by atoms with Crippen molar-refractivity contribution in [1.29, 1.82) is 0 Å². The summed E-state index contributed by atoms with van der Waals surface area (Å²) in [5, 5.41) is 1.66. The average Bonchev–Trinajstić information content (AvgIpc) is 3.00. The van der Waals surface area contributed by atoms with Gasteiger partial charge in [0.05, 0.1) is 11.1 Å². The van der Waals surface area contributed by atoms with E-state index >= 15 is 0 Å². The van der Waals surface area contributed by atoms with E-state index in [0.29, 0.717) is 11.3 Å². The van der Waals surface area contributed by atoms with E-state index in [1.807, 2.05) is 16.7 Å². The Bertz CT molecular complexity index is 1070. The normalized spacial score (nSPS) is 17.1. The van der Waals surface area contributed by atoms with E-state index in [4.69, 9.17) is 4.98 Å². The second kappa shape index (κ2) is 7.34. The predicted octanol–water partition coefficient (Wildman–Crippen LogP) is 6.02. The van der Waals surface area contributed by atoms with E-state index < -0.39 is 0 Å². The van der Waals surface area contributed by atoms with Gasteiger partial charge in [-0.05, 0) is 61.0 Å². The molecule has 5 heteroatoms. The Labute approximate surface area is 175 Å². The third kappa shape index (κ3) is 3.43. The molecular weight excluding hydrogens is 384 g/mol. The fraction of sp³-hybridized carbons (Fsp3) is 0.478. The van der Waals surface area contributed by atoms with E-state index in [1.165, 1.54) is 16.0 Å². The van der Waals surface area contributed by atoms with Gasteiger partial charge in [0.1, 0.15) is 4.83 Å². The van der Waals surface area contributed by atoms with Crippen molar-refractivity contribution in [1.82, 2.24) is 9.55 Å². The van der Waals surface area contributed by atoms with E-state index in [1.54, 1.807) is 23.1 Å². The average molecular weight is 413 g/mol. The summed E-state index contributed by atoms with van der Waals surface area (Å²) < 4.78 is 1.82. The van der Waals surface area contributed by atoms with Gasteiger partial charge in [-0.2, -0.15) is 0 Å². The largest absolute Gasteiger partial charge is 0.268 e. The van der Waals surface area contributed by atoms with Crippen LogP contribution in [0.3, 0.4) is 0 Å². The molecule has 1 atom stereocenters. The van der Waals surface area contributed by atoms with Crippen LogP contribution in [-0.4, -0.2) is 15.3 Å². The highest BCUT2D eigenvalue weighted by molar-refractivity contribution is 7.99. The summed E-state index contributed by atoms with van der Waals surface area (Å²) in [6.45, 7) is 11.2. The molecule has 0 N–H and O–H groups in total. The summed E-state index contributed by atoms with van der Waals surface area (Å²) >= 11 is 3.38. The third-order valence-electron chi connectivity index (χ3n) is 5.84. The van der Waals surface area contributed by atoms with Crippen LogP contribution >= 0.6 is 23.1 Å². The number of thioether (sulfide) groups is 1. The first-order valence-electron chi connectivity index (χ1n) is 10.1. The van der Waals surface area contributed by atoms with Crippen molar-refractivity contribution in [2.24, 2.45) is 11.3 Å². The highest BCUT2D eigenvalue weighted by Crippen LogP contribution is 2.42. The van der Waals surface area contributed by atoms with Crippen LogP contribution in [0.1, 0.15) is 50.1 Å². The fourth-order valence-corrected chi connectivity index (χ4v) is 6.17. The molecule has 4 rings (SSSR count). The maximum absolute atomic E-state index is 13.6. The van der Waals surface area contributed by atoms with Gasteiger partial charge < -0.3 is 0 Å². The van der Waals surface area contributed by atoms with E-state index in [-0.39, 0.29) is 5.56 Å². The molecular formula is C23H28N2OS2. The summed E-state index contributed by atoms with van der Waals surface area (Å²) in [6.07, 6.45) is 3.21. The first kappa shape index (κ1) is 19.7. The van der Waals surface area contributed by atoms with Gasteiger partial charge in [0, 0.05) is 4.88 Å². The summed E-state index contributed by atoms with van der Waals surface area (Å²) in [4.78, 5) is 20.9. The third-order valence-corrected chi connectivity index (χ3v) is 7.81. The maximum Gasteiger partial charge on any atom is 0.267 e. The topological polar surface area (TPSA) is 34.9 Å². The van der Waals surface area contributed by atoms with E-state index in [0.717, 1.165) is 46.1 Å². The molecule has 0 aliphatic heterocycles. The van der Waals surface area contributed by atoms with Crippen molar-refractivity contribution in [2.45, 2.75) is 59.0 Å². The molecule has 1 aliphatic rings. The summed E-state index contributed by atoms with van der Waals surface area (Å²) in [7, 11) is 0. The minimum Gasteiger partial charge on any atom is -0.268 e. The smallest absolute Gasteiger partial charge is 0.267 e. The number of aromatic nitrogens is 2. The van der Waals surface area contributed by atoms with Crippen LogP contribution in [0.25, 0.3) is 15.9 Å². The number of aryl methyl sites for hydroxylation is 2. The molecule has 3 aromatic rings. The molecule has 0 saturated heterocycles. The number of fused-ring (bicyclic) bond motifs is 3. The van der Waals surface area contributed by atoms with Crippen LogP contribution in [0, 0.1) is 18.3 Å². The fourth-order valence-electron chi connectivity index (χ4n) is 4.09. The molecule has 3 nitrogen and oxygen atoms in total. The Morgan fingerprint density at radius 1 is 1.25 bits per heavy atom.